The number of carbonyl (C=O) groups is 2. The number of ketones is 2. The third-order valence-electron chi connectivity index (χ3n) is 1.73. The van der Waals surface area contributed by atoms with Gasteiger partial charge in [0.25, 0.3) is 0 Å². The van der Waals surface area contributed by atoms with Crippen LogP contribution in [0.1, 0.15) is 26.6 Å². The molecule has 12 heavy (non-hydrogen) atoms. The number of fused-ring (bicyclic) bond motifs is 1. The lowest BCUT2D eigenvalue weighted by atomic mass is 10.0. The number of aryl methyl sites for hydroxylation is 1. The minimum absolute atomic E-state index is 0.125. The monoisotopic (exact) mass is 163 g/mol. The van der Waals surface area contributed by atoms with Gasteiger partial charge in [-0.05, 0) is 19.1 Å². The molecule has 0 saturated heterocycles. The zero-order chi connectivity index (χ0) is 8.72. The van der Waals surface area contributed by atoms with Gasteiger partial charge in [0.2, 0.25) is 5.78 Å². The lowest BCUT2D eigenvalue weighted by molar-refractivity contribution is 0.0991. The summed E-state index contributed by atoms with van der Waals surface area (Å²) in [6.45, 7) is 1.61. The van der Waals surface area contributed by atoms with Crippen molar-refractivity contribution in [3.05, 3.63) is 29.2 Å². The molecule has 2 rings (SSSR count). The van der Waals surface area contributed by atoms with Gasteiger partial charge in [-0.2, -0.15) is 0 Å². The summed E-state index contributed by atoms with van der Waals surface area (Å²) in [7, 11) is 0. The third kappa shape index (κ3) is 0.747. The van der Waals surface area contributed by atoms with E-state index in [0.717, 1.165) is 0 Å². The van der Waals surface area contributed by atoms with Crippen LogP contribution >= 0.6 is 0 Å². The van der Waals surface area contributed by atoms with Gasteiger partial charge in [-0.15, -0.1) is 0 Å². The van der Waals surface area contributed by atoms with Gasteiger partial charge >= 0.3 is 0 Å². The van der Waals surface area contributed by atoms with Gasteiger partial charge in [-0.1, -0.05) is 5.16 Å². The van der Waals surface area contributed by atoms with Crippen molar-refractivity contribution in [3.63, 3.8) is 0 Å². The molecule has 0 saturated carbocycles. The van der Waals surface area contributed by atoms with E-state index < -0.39 is 0 Å². The molecule has 0 amide bonds. The fourth-order valence-corrected chi connectivity index (χ4v) is 1.14. The third-order valence-corrected chi connectivity index (χ3v) is 1.73. The van der Waals surface area contributed by atoms with E-state index in [1.165, 1.54) is 12.2 Å². The van der Waals surface area contributed by atoms with Crippen LogP contribution in [0.3, 0.4) is 0 Å². The second-order valence-corrected chi connectivity index (χ2v) is 2.52. The van der Waals surface area contributed by atoms with Crippen molar-refractivity contribution in [3.8, 4) is 0 Å². The van der Waals surface area contributed by atoms with Gasteiger partial charge in [-0.3, -0.25) is 9.59 Å². The van der Waals surface area contributed by atoms with Crippen LogP contribution in [-0.4, -0.2) is 16.7 Å². The summed E-state index contributed by atoms with van der Waals surface area (Å²) in [5, 5.41) is 3.49. The van der Waals surface area contributed by atoms with Crippen LogP contribution in [0, 0.1) is 6.92 Å². The summed E-state index contributed by atoms with van der Waals surface area (Å²) < 4.78 is 4.73. The molecule has 0 bridgehead atoms. The first kappa shape index (κ1) is 6.97. The summed E-state index contributed by atoms with van der Waals surface area (Å²) in [4.78, 5) is 22.3. The molecule has 1 heterocycles. The maximum Gasteiger partial charge on any atom is 0.208 e. The Bertz CT molecular complexity index is 400. The Balaban J connectivity index is 2.72. The van der Waals surface area contributed by atoms with Crippen molar-refractivity contribution in [2.45, 2.75) is 6.92 Å². The topological polar surface area (TPSA) is 60.2 Å². The van der Waals surface area contributed by atoms with Crippen molar-refractivity contribution in [2.75, 3.05) is 0 Å². The molecular formula is C8H5NO3. The Kier molecular flexibility index (Phi) is 1.24. The highest BCUT2D eigenvalue weighted by atomic mass is 16.5. The fourth-order valence-electron chi connectivity index (χ4n) is 1.14. The molecular weight excluding hydrogens is 158 g/mol. The minimum Gasteiger partial charge on any atom is -0.360 e. The normalized spacial score (nSPS) is 15.1. The van der Waals surface area contributed by atoms with Crippen molar-refractivity contribution < 1.29 is 14.1 Å². The molecule has 0 radical (unpaired) electrons. The second kappa shape index (κ2) is 2.14. The van der Waals surface area contributed by atoms with Gasteiger partial charge in [0.1, 0.15) is 5.76 Å². The Morgan fingerprint density at radius 2 is 1.92 bits per heavy atom. The summed E-state index contributed by atoms with van der Waals surface area (Å²) in [6.07, 6.45) is 2.43. The Morgan fingerprint density at radius 1 is 1.25 bits per heavy atom. The summed E-state index contributed by atoms with van der Waals surface area (Å²) in [5.74, 6) is -0.0995. The summed E-state index contributed by atoms with van der Waals surface area (Å²) >= 11 is 0. The van der Waals surface area contributed by atoms with Crippen LogP contribution in [0.25, 0.3) is 0 Å². The highest BCUT2D eigenvalue weighted by Crippen LogP contribution is 2.18. The molecule has 1 aromatic heterocycles. The maximum atomic E-state index is 11.2. The van der Waals surface area contributed by atoms with Crippen LogP contribution in [0.15, 0.2) is 16.7 Å². The Hall–Kier alpha value is -1.71. The smallest absolute Gasteiger partial charge is 0.208 e. The number of aromatic nitrogens is 1. The van der Waals surface area contributed by atoms with E-state index in [-0.39, 0.29) is 17.3 Å². The average molecular weight is 163 g/mol. The Labute approximate surface area is 67.8 Å². The van der Waals surface area contributed by atoms with Gasteiger partial charge < -0.3 is 4.52 Å². The fraction of sp³-hybridized carbons (Fsp3) is 0.125. The zero-order valence-corrected chi connectivity index (χ0v) is 6.33. The summed E-state index contributed by atoms with van der Waals surface area (Å²) in [5.41, 5.74) is 0.419. The first-order valence-electron chi connectivity index (χ1n) is 3.43. The molecule has 4 heteroatoms. The van der Waals surface area contributed by atoms with E-state index in [1.54, 1.807) is 6.92 Å². The van der Waals surface area contributed by atoms with Gasteiger partial charge in [0, 0.05) is 0 Å². The van der Waals surface area contributed by atoms with Crippen molar-refractivity contribution in [1.82, 2.24) is 5.16 Å². The molecule has 0 atom stereocenters. The van der Waals surface area contributed by atoms with Crippen LogP contribution < -0.4 is 0 Å². The molecule has 0 unspecified atom stereocenters. The van der Waals surface area contributed by atoms with E-state index >= 15 is 0 Å². The number of hydrogen-bond acceptors (Lipinski definition) is 4. The molecule has 1 aliphatic rings. The summed E-state index contributed by atoms with van der Waals surface area (Å²) in [6, 6.07) is 0. The standard InChI is InChI=1S/C8H5NO3/c1-4-7-5(10)2-3-6(11)8(7)9-12-4/h2-3H,1H3. The van der Waals surface area contributed by atoms with Crippen molar-refractivity contribution in [2.24, 2.45) is 0 Å². The molecule has 0 aromatic carbocycles. The van der Waals surface area contributed by atoms with E-state index in [0.29, 0.717) is 11.3 Å². The van der Waals surface area contributed by atoms with E-state index in [9.17, 15) is 9.59 Å². The molecule has 0 fully saturated rings. The van der Waals surface area contributed by atoms with E-state index in [4.69, 9.17) is 4.52 Å². The number of rotatable bonds is 0. The predicted octanol–water partition coefficient (Wildman–Crippen LogP) is 0.918. The van der Waals surface area contributed by atoms with Crippen LogP contribution in [0.2, 0.25) is 0 Å². The first-order chi connectivity index (χ1) is 5.70. The number of hydrogen-bond donors (Lipinski definition) is 0. The zero-order valence-electron chi connectivity index (χ0n) is 6.33. The lowest BCUT2D eigenvalue weighted by Gasteiger charge is -1.98. The highest BCUT2D eigenvalue weighted by Gasteiger charge is 2.25. The van der Waals surface area contributed by atoms with Crippen LogP contribution in [0.5, 0.6) is 0 Å². The molecule has 0 N–H and O–H groups in total. The number of carbonyl (C=O) groups excluding carboxylic acids is 2. The molecule has 1 aromatic rings. The maximum absolute atomic E-state index is 11.2. The molecule has 4 nitrogen and oxygen atoms in total. The average Bonchev–Trinajstić information content (AvgIpc) is 2.42. The molecule has 0 spiro atoms. The van der Waals surface area contributed by atoms with Gasteiger partial charge in [0.15, 0.2) is 11.5 Å². The van der Waals surface area contributed by atoms with E-state index in [1.807, 2.05) is 0 Å². The molecule has 60 valence electrons. The largest absolute Gasteiger partial charge is 0.360 e. The van der Waals surface area contributed by atoms with Crippen LogP contribution in [0.4, 0.5) is 0 Å². The Morgan fingerprint density at radius 3 is 2.58 bits per heavy atom. The van der Waals surface area contributed by atoms with Gasteiger partial charge in [0.05, 0.1) is 5.56 Å². The minimum atomic E-state index is -0.276. The highest BCUT2D eigenvalue weighted by molar-refractivity contribution is 6.21. The number of nitrogens with zero attached hydrogens (tertiary/aromatic N) is 1. The predicted molar refractivity (Wildman–Crippen MR) is 39.0 cm³/mol. The second-order valence-electron chi connectivity index (χ2n) is 2.52. The van der Waals surface area contributed by atoms with Crippen molar-refractivity contribution >= 4 is 11.6 Å². The molecule has 1 aliphatic carbocycles. The SMILES string of the molecule is Cc1onc2c1C(=O)C=CC2=O. The lowest BCUT2D eigenvalue weighted by Crippen LogP contribution is -2.10. The number of allylic oxidation sites excluding steroid dienone is 2. The van der Waals surface area contributed by atoms with E-state index in [2.05, 4.69) is 5.16 Å². The van der Waals surface area contributed by atoms with Crippen LogP contribution in [-0.2, 0) is 0 Å². The van der Waals surface area contributed by atoms with Crippen molar-refractivity contribution in [1.29, 1.82) is 0 Å². The quantitative estimate of drug-likeness (QED) is 0.570. The van der Waals surface area contributed by atoms with Gasteiger partial charge in [-0.25, -0.2) is 0 Å². The molecule has 0 aliphatic heterocycles. The first-order valence-corrected chi connectivity index (χ1v) is 3.43.